The van der Waals surface area contributed by atoms with Crippen molar-refractivity contribution in [2.45, 2.75) is 6.92 Å². The molecule has 1 amide bonds. The van der Waals surface area contributed by atoms with E-state index in [-0.39, 0.29) is 5.56 Å². The Balaban J connectivity index is 2.25. The van der Waals surface area contributed by atoms with Gasteiger partial charge in [0, 0.05) is 16.9 Å². The predicted octanol–water partition coefficient (Wildman–Crippen LogP) is 1.93. The average molecular weight is 271 g/mol. The van der Waals surface area contributed by atoms with Gasteiger partial charge >= 0.3 is 5.97 Å². The topological polar surface area (TPSA) is 105 Å². The molecule has 2 rings (SSSR count). The standard InChI is InChI=1S/C14H13N3O3/c1-8-6-10(14(19)20)7-12(16-8)17-11-4-2-9(3-5-11)13(15)18/h2-7H,1H3,(H2,15,18)(H,16,17)(H,19,20). The lowest BCUT2D eigenvalue weighted by Gasteiger charge is -2.08. The number of carbonyl (C=O) groups is 2. The lowest BCUT2D eigenvalue weighted by molar-refractivity contribution is 0.0696. The predicted molar refractivity (Wildman–Crippen MR) is 74.2 cm³/mol. The molecule has 0 fully saturated rings. The monoisotopic (exact) mass is 271 g/mol. The van der Waals surface area contributed by atoms with Crippen molar-refractivity contribution in [1.82, 2.24) is 4.98 Å². The van der Waals surface area contributed by atoms with E-state index in [9.17, 15) is 9.59 Å². The number of nitrogens with one attached hydrogen (secondary N) is 1. The molecular formula is C14H13N3O3. The van der Waals surface area contributed by atoms with Crippen LogP contribution >= 0.6 is 0 Å². The van der Waals surface area contributed by atoms with Gasteiger partial charge in [-0.3, -0.25) is 4.79 Å². The van der Waals surface area contributed by atoms with Crippen molar-refractivity contribution >= 4 is 23.4 Å². The number of hydrogen-bond donors (Lipinski definition) is 3. The molecule has 0 unspecified atom stereocenters. The van der Waals surface area contributed by atoms with Crippen LogP contribution < -0.4 is 11.1 Å². The van der Waals surface area contributed by atoms with Gasteiger partial charge < -0.3 is 16.2 Å². The van der Waals surface area contributed by atoms with E-state index < -0.39 is 11.9 Å². The Morgan fingerprint density at radius 2 is 1.80 bits per heavy atom. The summed E-state index contributed by atoms with van der Waals surface area (Å²) in [5, 5.41) is 12.0. The molecule has 0 aliphatic rings. The first-order chi connectivity index (χ1) is 9.45. The quantitative estimate of drug-likeness (QED) is 0.788. The highest BCUT2D eigenvalue weighted by Gasteiger charge is 2.07. The molecule has 1 aromatic carbocycles. The molecular weight excluding hydrogens is 258 g/mol. The minimum Gasteiger partial charge on any atom is -0.478 e. The Morgan fingerprint density at radius 1 is 1.15 bits per heavy atom. The van der Waals surface area contributed by atoms with E-state index in [0.29, 0.717) is 22.8 Å². The fraction of sp³-hybridized carbons (Fsp3) is 0.0714. The maximum atomic E-state index is 11.0. The van der Waals surface area contributed by atoms with E-state index in [0.717, 1.165) is 0 Å². The molecule has 0 aliphatic heterocycles. The molecule has 6 nitrogen and oxygen atoms in total. The molecule has 0 atom stereocenters. The number of aryl methyl sites for hydroxylation is 1. The summed E-state index contributed by atoms with van der Waals surface area (Å²) >= 11 is 0. The number of carboxylic acids is 1. The van der Waals surface area contributed by atoms with Crippen LogP contribution in [0.2, 0.25) is 0 Å². The van der Waals surface area contributed by atoms with Crippen LogP contribution in [0.25, 0.3) is 0 Å². The second-order valence-electron chi connectivity index (χ2n) is 4.25. The number of aromatic nitrogens is 1. The molecule has 2 aromatic rings. The molecule has 0 radical (unpaired) electrons. The van der Waals surface area contributed by atoms with Crippen LogP contribution in [0.3, 0.4) is 0 Å². The smallest absolute Gasteiger partial charge is 0.335 e. The SMILES string of the molecule is Cc1cc(C(=O)O)cc(Nc2ccc(C(N)=O)cc2)n1. The third kappa shape index (κ3) is 3.11. The van der Waals surface area contributed by atoms with E-state index >= 15 is 0 Å². The van der Waals surface area contributed by atoms with E-state index in [2.05, 4.69) is 10.3 Å². The van der Waals surface area contributed by atoms with Crippen LogP contribution in [0.5, 0.6) is 0 Å². The zero-order valence-electron chi connectivity index (χ0n) is 10.8. The summed E-state index contributed by atoms with van der Waals surface area (Å²) in [6.45, 7) is 1.72. The van der Waals surface area contributed by atoms with Gasteiger partial charge in [0.15, 0.2) is 0 Å². The number of rotatable bonds is 4. The van der Waals surface area contributed by atoms with Crippen LogP contribution in [0, 0.1) is 6.92 Å². The summed E-state index contributed by atoms with van der Waals surface area (Å²) in [4.78, 5) is 26.1. The zero-order chi connectivity index (χ0) is 14.7. The van der Waals surface area contributed by atoms with Crippen LogP contribution in [-0.4, -0.2) is 22.0 Å². The number of carbonyl (C=O) groups excluding carboxylic acids is 1. The van der Waals surface area contributed by atoms with Crippen molar-refractivity contribution < 1.29 is 14.7 Å². The van der Waals surface area contributed by atoms with Gasteiger partial charge in [-0.1, -0.05) is 0 Å². The number of carboxylic acid groups (broad SMARTS) is 1. The van der Waals surface area contributed by atoms with Crippen LogP contribution in [-0.2, 0) is 0 Å². The number of benzene rings is 1. The van der Waals surface area contributed by atoms with Gasteiger partial charge in [-0.25, -0.2) is 9.78 Å². The summed E-state index contributed by atoms with van der Waals surface area (Å²) < 4.78 is 0. The summed E-state index contributed by atoms with van der Waals surface area (Å²) in [6, 6.07) is 9.44. The molecule has 1 aromatic heterocycles. The van der Waals surface area contributed by atoms with Crippen molar-refractivity contribution in [3.63, 3.8) is 0 Å². The first kappa shape index (κ1) is 13.5. The largest absolute Gasteiger partial charge is 0.478 e. The maximum Gasteiger partial charge on any atom is 0.335 e. The van der Waals surface area contributed by atoms with Crippen molar-refractivity contribution in [1.29, 1.82) is 0 Å². The van der Waals surface area contributed by atoms with Gasteiger partial charge in [0.2, 0.25) is 5.91 Å². The Morgan fingerprint density at radius 3 is 2.35 bits per heavy atom. The summed E-state index contributed by atoms with van der Waals surface area (Å²) in [5.41, 5.74) is 7.00. The second kappa shape index (κ2) is 5.40. The van der Waals surface area contributed by atoms with E-state index in [1.165, 1.54) is 12.1 Å². The van der Waals surface area contributed by atoms with E-state index in [4.69, 9.17) is 10.8 Å². The van der Waals surface area contributed by atoms with Gasteiger partial charge in [0.25, 0.3) is 0 Å². The highest BCUT2D eigenvalue weighted by Crippen LogP contribution is 2.17. The highest BCUT2D eigenvalue weighted by molar-refractivity contribution is 5.93. The van der Waals surface area contributed by atoms with Crippen molar-refractivity contribution in [3.8, 4) is 0 Å². The fourth-order valence-corrected chi connectivity index (χ4v) is 1.72. The molecule has 102 valence electrons. The molecule has 0 saturated heterocycles. The van der Waals surface area contributed by atoms with E-state index in [1.54, 1.807) is 31.2 Å². The molecule has 1 heterocycles. The van der Waals surface area contributed by atoms with Gasteiger partial charge in [-0.15, -0.1) is 0 Å². The van der Waals surface area contributed by atoms with E-state index in [1.807, 2.05) is 0 Å². The van der Waals surface area contributed by atoms with Crippen LogP contribution in [0.15, 0.2) is 36.4 Å². The minimum atomic E-state index is -1.01. The first-order valence-corrected chi connectivity index (χ1v) is 5.84. The lowest BCUT2D eigenvalue weighted by Crippen LogP contribution is -2.10. The Labute approximate surface area is 115 Å². The van der Waals surface area contributed by atoms with Crippen molar-refractivity contribution in [2.24, 2.45) is 5.73 Å². The van der Waals surface area contributed by atoms with Gasteiger partial charge in [-0.2, -0.15) is 0 Å². The average Bonchev–Trinajstić information content (AvgIpc) is 2.38. The summed E-state index contributed by atoms with van der Waals surface area (Å²) in [7, 11) is 0. The summed E-state index contributed by atoms with van der Waals surface area (Å²) in [5.74, 6) is -1.09. The molecule has 4 N–H and O–H groups in total. The Bertz CT molecular complexity index is 666. The number of nitrogens with two attached hydrogens (primary N) is 1. The number of nitrogens with zero attached hydrogens (tertiary/aromatic N) is 1. The lowest BCUT2D eigenvalue weighted by atomic mass is 10.2. The molecule has 20 heavy (non-hydrogen) atoms. The molecule has 0 bridgehead atoms. The minimum absolute atomic E-state index is 0.161. The number of pyridine rings is 1. The number of amides is 1. The molecule has 0 saturated carbocycles. The second-order valence-corrected chi connectivity index (χ2v) is 4.25. The number of hydrogen-bond acceptors (Lipinski definition) is 4. The highest BCUT2D eigenvalue weighted by atomic mass is 16.4. The molecule has 0 aliphatic carbocycles. The first-order valence-electron chi connectivity index (χ1n) is 5.84. The number of primary amides is 1. The Hall–Kier alpha value is -2.89. The van der Waals surface area contributed by atoms with Gasteiger partial charge in [-0.05, 0) is 43.3 Å². The van der Waals surface area contributed by atoms with Gasteiger partial charge in [0.1, 0.15) is 5.82 Å². The fourth-order valence-electron chi connectivity index (χ4n) is 1.72. The van der Waals surface area contributed by atoms with Crippen LogP contribution in [0.1, 0.15) is 26.4 Å². The normalized spacial score (nSPS) is 10.1. The van der Waals surface area contributed by atoms with Crippen LogP contribution in [0.4, 0.5) is 11.5 Å². The third-order valence-electron chi connectivity index (χ3n) is 2.64. The van der Waals surface area contributed by atoms with Gasteiger partial charge in [0.05, 0.1) is 5.56 Å². The zero-order valence-corrected chi connectivity index (χ0v) is 10.8. The maximum absolute atomic E-state index is 11.0. The molecule has 6 heteroatoms. The van der Waals surface area contributed by atoms with Crippen molar-refractivity contribution in [3.05, 3.63) is 53.2 Å². The Kier molecular flexibility index (Phi) is 3.65. The van der Waals surface area contributed by atoms with Crippen molar-refractivity contribution in [2.75, 3.05) is 5.32 Å². The molecule has 0 spiro atoms. The third-order valence-corrected chi connectivity index (χ3v) is 2.64. The number of anilines is 2. The summed E-state index contributed by atoms with van der Waals surface area (Å²) in [6.07, 6.45) is 0. The number of aromatic carboxylic acids is 1.